The Morgan fingerprint density at radius 2 is 2.14 bits per heavy atom. The molecular formula is C7H5BF3N2O-. The van der Waals surface area contributed by atoms with Crippen molar-refractivity contribution in [1.29, 1.82) is 5.26 Å². The average Bonchev–Trinajstić information content (AvgIpc) is 2.15. The third-order valence-electron chi connectivity index (χ3n) is 1.58. The number of hydrogen-bond donors (Lipinski definition) is 0. The molecule has 0 saturated heterocycles. The van der Waals surface area contributed by atoms with E-state index in [-0.39, 0.29) is 11.4 Å². The lowest BCUT2D eigenvalue weighted by molar-refractivity contribution is 0.411. The SMILES string of the molecule is COc1cc([B-](F)(F)F)cnc1C#N. The molecule has 1 heterocycles. The third-order valence-corrected chi connectivity index (χ3v) is 1.58. The lowest BCUT2D eigenvalue weighted by Gasteiger charge is -2.15. The minimum atomic E-state index is -5.10. The van der Waals surface area contributed by atoms with Crippen LogP contribution in [-0.4, -0.2) is 19.1 Å². The van der Waals surface area contributed by atoms with Crippen molar-refractivity contribution >= 4 is 12.4 Å². The second kappa shape index (κ2) is 3.58. The van der Waals surface area contributed by atoms with Gasteiger partial charge in [-0.1, -0.05) is 5.46 Å². The summed E-state index contributed by atoms with van der Waals surface area (Å²) in [5.74, 6) is -0.163. The van der Waals surface area contributed by atoms with E-state index in [2.05, 4.69) is 9.72 Å². The summed E-state index contributed by atoms with van der Waals surface area (Å²) in [7, 11) is 1.19. The van der Waals surface area contributed by atoms with Gasteiger partial charge in [0.2, 0.25) is 0 Å². The molecule has 1 aromatic rings. The third kappa shape index (κ3) is 1.96. The highest BCUT2D eigenvalue weighted by Gasteiger charge is 2.27. The van der Waals surface area contributed by atoms with E-state index in [1.165, 1.54) is 7.11 Å². The maximum absolute atomic E-state index is 12.2. The minimum absolute atomic E-state index is 0.156. The van der Waals surface area contributed by atoms with Crippen molar-refractivity contribution in [2.45, 2.75) is 0 Å². The second-order valence-corrected chi connectivity index (χ2v) is 2.51. The van der Waals surface area contributed by atoms with Crippen molar-refractivity contribution < 1.29 is 17.7 Å². The number of ether oxygens (including phenoxy) is 1. The van der Waals surface area contributed by atoms with Crippen LogP contribution >= 0.6 is 0 Å². The fraction of sp³-hybridized carbons (Fsp3) is 0.143. The lowest BCUT2D eigenvalue weighted by Crippen LogP contribution is -2.34. The molecule has 0 bridgehead atoms. The summed E-state index contributed by atoms with van der Waals surface area (Å²) in [5, 5.41) is 8.47. The minimum Gasteiger partial charge on any atom is -0.494 e. The molecule has 0 unspecified atom stereocenters. The molecule has 14 heavy (non-hydrogen) atoms. The molecule has 1 rings (SSSR count). The van der Waals surface area contributed by atoms with Crippen LogP contribution in [0.25, 0.3) is 0 Å². The van der Waals surface area contributed by atoms with E-state index in [0.29, 0.717) is 6.20 Å². The summed E-state index contributed by atoms with van der Waals surface area (Å²) >= 11 is 0. The quantitative estimate of drug-likeness (QED) is 0.670. The van der Waals surface area contributed by atoms with Crippen molar-refractivity contribution in [3.05, 3.63) is 18.0 Å². The van der Waals surface area contributed by atoms with Gasteiger partial charge in [0.15, 0.2) is 11.4 Å². The monoisotopic (exact) mass is 201 g/mol. The molecule has 0 aromatic carbocycles. The number of pyridine rings is 1. The zero-order valence-corrected chi connectivity index (χ0v) is 7.17. The van der Waals surface area contributed by atoms with Crippen LogP contribution in [0.3, 0.4) is 0 Å². The van der Waals surface area contributed by atoms with Crippen molar-refractivity contribution in [2.75, 3.05) is 7.11 Å². The molecule has 0 fully saturated rings. The maximum Gasteiger partial charge on any atom is 0.511 e. The van der Waals surface area contributed by atoms with Gasteiger partial charge >= 0.3 is 6.98 Å². The van der Waals surface area contributed by atoms with Crippen LogP contribution in [-0.2, 0) is 0 Å². The Labute approximate surface area is 78.2 Å². The summed E-state index contributed by atoms with van der Waals surface area (Å²) in [6, 6.07) is 2.40. The van der Waals surface area contributed by atoms with Crippen LogP contribution in [0.15, 0.2) is 12.3 Å². The molecular weight excluding hydrogens is 196 g/mol. The summed E-state index contributed by atoms with van der Waals surface area (Å²) in [6.45, 7) is -5.10. The fourth-order valence-corrected chi connectivity index (χ4v) is 0.878. The average molecular weight is 201 g/mol. The molecule has 0 spiro atoms. The highest BCUT2D eigenvalue weighted by Crippen LogP contribution is 2.16. The molecule has 0 aliphatic carbocycles. The highest BCUT2D eigenvalue weighted by molar-refractivity contribution is 6.73. The molecule has 0 radical (unpaired) electrons. The molecule has 74 valence electrons. The molecule has 0 N–H and O–H groups in total. The highest BCUT2D eigenvalue weighted by atomic mass is 19.4. The Balaban J connectivity index is 3.23. The Morgan fingerprint density at radius 3 is 2.57 bits per heavy atom. The van der Waals surface area contributed by atoms with Crippen LogP contribution < -0.4 is 10.2 Å². The van der Waals surface area contributed by atoms with Crippen molar-refractivity contribution in [3.8, 4) is 11.8 Å². The molecule has 0 atom stereocenters. The number of rotatable bonds is 2. The van der Waals surface area contributed by atoms with Gasteiger partial charge in [0.1, 0.15) is 6.07 Å². The lowest BCUT2D eigenvalue weighted by atomic mass is 9.81. The normalized spacial score (nSPS) is 10.8. The van der Waals surface area contributed by atoms with Gasteiger partial charge in [0, 0.05) is 6.20 Å². The van der Waals surface area contributed by atoms with E-state index < -0.39 is 12.4 Å². The van der Waals surface area contributed by atoms with Gasteiger partial charge in [0.05, 0.1) is 7.11 Å². The number of aromatic nitrogens is 1. The number of nitrogens with zero attached hydrogens (tertiary/aromatic N) is 2. The molecule has 1 aromatic heterocycles. The molecule has 7 heteroatoms. The molecule has 0 aliphatic rings. The molecule has 0 saturated carbocycles. The summed E-state index contributed by atoms with van der Waals surface area (Å²) < 4.78 is 41.3. The van der Waals surface area contributed by atoms with Crippen LogP contribution in [0.4, 0.5) is 12.9 Å². The topological polar surface area (TPSA) is 45.9 Å². The maximum atomic E-state index is 12.2. The number of halogens is 3. The zero-order valence-electron chi connectivity index (χ0n) is 7.17. The Bertz CT molecular complexity index is 386. The van der Waals surface area contributed by atoms with Gasteiger partial charge in [-0.05, 0) is 6.07 Å². The Kier molecular flexibility index (Phi) is 2.65. The van der Waals surface area contributed by atoms with E-state index in [1.807, 2.05) is 0 Å². The van der Waals surface area contributed by atoms with E-state index in [1.54, 1.807) is 6.07 Å². The Hall–Kier alpha value is -1.71. The smallest absolute Gasteiger partial charge is 0.494 e. The van der Waals surface area contributed by atoms with Crippen LogP contribution in [0.1, 0.15) is 5.69 Å². The first kappa shape index (κ1) is 10.4. The standard InChI is InChI=1S/C7H5BF3N2O/c1-14-7-2-5(8(9,10)11)4-13-6(7)3-12/h2,4H,1H3/q-1. The van der Waals surface area contributed by atoms with Crippen LogP contribution in [0, 0.1) is 11.3 Å². The Morgan fingerprint density at radius 1 is 1.50 bits per heavy atom. The van der Waals surface area contributed by atoms with Crippen LogP contribution in [0.2, 0.25) is 0 Å². The van der Waals surface area contributed by atoms with Gasteiger partial charge in [-0.2, -0.15) is 5.26 Å². The predicted molar refractivity (Wildman–Crippen MR) is 44.2 cm³/mol. The number of nitriles is 1. The first-order valence-corrected chi connectivity index (χ1v) is 3.63. The largest absolute Gasteiger partial charge is 0.511 e. The molecule has 0 amide bonds. The first-order valence-electron chi connectivity index (χ1n) is 3.63. The zero-order chi connectivity index (χ0) is 10.8. The summed E-state index contributed by atoms with van der Waals surface area (Å²) in [6.07, 6.45) is 0.626. The summed E-state index contributed by atoms with van der Waals surface area (Å²) in [4.78, 5) is 3.34. The molecule has 0 aliphatic heterocycles. The van der Waals surface area contributed by atoms with E-state index in [9.17, 15) is 12.9 Å². The van der Waals surface area contributed by atoms with Gasteiger partial charge in [-0.15, -0.1) is 0 Å². The fourth-order valence-electron chi connectivity index (χ4n) is 0.878. The van der Waals surface area contributed by atoms with E-state index in [4.69, 9.17) is 5.26 Å². The predicted octanol–water partition coefficient (Wildman–Crippen LogP) is 1.02. The van der Waals surface area contributed by atoms with Crippen molar-refractivity contribution in [1.82, 2.24) is 4.98 Å². The van der Waals surface area contributed by atoms with Gasteiger partial charge in [-0.3, -0.25) is 0 Å². The van der Waals surface area contributed by atoms with Gasteiger partial charge < -0.3 is 17.7 Å². The van der Waals surface area contributed by atoms with Gasteiger partial charge in [-0.25, -0.2) is 4.98 Å². The number of methoxy groups -OCH3 is 1. The number of hydrogen-bond acceptors (Lipinski definition) is 3. The van der Waals surface area contributed by atoms with Gasteiger partial charge in [0.25, 0.3) is 0 Å². The van der Waals surface area contributed by atoms with Crippen molar-refractivity contribution in [3.63, 3.8) is 0 Å². The molecule has 3 nitrogen and oxygen atoms in total. The summed E-state index contributed by atoms with van der Waals surface area (Å²) in [5.41, 5.74) is -1.03. The van der Waals surface area contributed by atoms with E-state index >= 15 is 0 Å². The van der Waals surface area contributed by atoms with Crippen molar-refractivity contribution in [2.24, 2.45) is 0 Å². The van der Waals surface area contributed by atoms with E-state index in [0.717, 1.165) is 6.07 Å². The van der Waals surface area contributed by atoms with Crippen LogP contribution in [0.5, 0.6) is 5.75 Å². The second-order valence-electron chi connectivity index (χ2n) is 2.51. The first-order chi connectivity index (χ1) is 6.49.